The summed E-state index contributed by atoms with van der Waals surface area (Å²) < 4.78 is 0. The normalized spacial score (nSPS) is 78.8. The zero-order valence-electron chi connectivity index (χ0n) is 5.31. The molecule has 0 heterocycles. The van der Waals surface area contributed by atoms with Gasteiger partial charge >= 0.3 is 0 Å². The van der Waals surface area contributed by atoms with Crippen LogP contribution in [-0.4, -0.2) is 0 Å². The minimum atomic E-state index is 0. The van der Waals surface area contributed by atoms with E-state index in [2.05, 4.69) is 13.8 Å². The fourth-order valence-electron chi connectivity index (χ4n) is 3.54. The van der Waals surface area contributed by atoms with Gasteiger partial charge in [0, 0.05) is 18.6 Å². The molecule has 1 heteroatoms. The molecule has 0 aromatic carbocycles. The topological polar surface area (TPSA) is 0 Å². The Hall–Kier alpha value is 0.584. The van der Waals surface area contributed by atoms with E-state index in [1.54, 1.807) is 6.42 Å². The second-order valence-electron chi connectivity index (χ2n) is 4.14. The predicted molar refractivity (Wildman–Crippen MR) is 27.8 cm³/mol. The van der Waals surface area contributed by atoms with Crippen molar-refractivity contribution in [2.45, 2.75) is 20.3 Å². The first-order valence-electron chi connectivity index (χ1n) is 3.20. The third-order valence-electron chi connectivity index (χ3n) is 3.72. The first kappa shape index (κ1) is 5.38. The van der Waals surface area contributed by atoms with Crippen LogP contribution in [0.3, 0.4) is 0 Å². The van der Waals surface area contributed by atoms with Crippen LogP contribution >= 0.6 is 0 Å². The molecule has 0 spiro atoms. The molecule has 4 aliphatic carbocycles. The summed E-state index contributed by atoms with van der Waals surface area (Å²) in [4.78, 5) is 0. The molecular formula is C7H10V. The Kier molecular flexibility index (Phi) is 0.576. The molecule has 1 radical (unpaired) electrons. The van der Waals surface area contributed by atoms with Crippen molar-refractivity contribution in [3.05, 3.63) is 0 Å². The van der Waals surface area contributed by atoms with Crippen molar-refractivity contribution in [2.75, 3.05) is 0 Å². The zero-order valence-corrected chi connectivity index (χ0v) is 6.71. The summed E-state index contributed by atoms with van der Waals surface area (Å²) in [6.45, 7) is 4.88. The third kappa shape index (κ3) is 0.220. The molecular weight excluding hydrogens is 135 g/mol. The Morgan fingerprint density at radius 3 is 1.50 bits per heavy atom. The molecule has 0 amide bonds. The standard InChI is InChI=1S/C7H10.V/c1-6-3-7(2)4(6)5(6)7;/h4-5H,3H2,1-2H3;. The minimum Gasteiger partial charge on any atom is -0.0590 e. The second-order valence-corrected chi connectivity index (χ2v) is 4.14. The van der Waals surface area contributed by atoms with E-state index in [1.807, 2.05) is 0 Å². The fraction of sp³-hybridized carbons (Fsp3) is 1.00. The van der Waals surface area contributed by atoms with Crippen molar-refractivity contribution in [3.63, 3.8) is 0 Å². The van der Waals surface area contributed by atoms with Crippen molar-refractivity contribution in [1.29, 1.82) is 0 Å². The van der Waals surface area contributed by atoms with Crippen LogP contribution in [0.25, 0.3) is 0 Å². The van der Waals surface area contributed by atoms with E-state index < -0.39 is 0 Å². The molecule has 0 atom stereocenters. The molecule has 0 saturated heterocycles. The summed E-state index contributed by atoms with van der Waals surface area (Å²) in [6.07, 6.45) is 1.55. The average molecular weight is 145 g/mol. The average Bonchev–Trinajstić information content (AvgIpc) is 2.27. The van der Waals surface area contributed by atoms with Crippen molar-refractivity contribution >= 4 is 0 Å². The van der Waals surface area contributed by atoms with Gasteiger partial charge in [-0.05, 0) is 29.1 Å². The largest absolute Gasteiger partial charge is 0.0590 e. The van der Waals surface area contributed by atoms with Gasteiger partial charge in [-0.25, -0.2) is 0 Å². The van der Waals surface area contributed by atoms with Crippen LogP contribution in [0.1, 0.15) is 20.3 Å². The SMILES string of the molecule is CC12CC3(C)C1C23.[V]. The van der Waals surface area contributed by atoms with Gasteiger partial charge in [-0.1, -0.05) is 13.8 Å². The molecule has 8 heavy (non-hydrogen) atoms. The molecule has 2 bridgehead atoms. The van der Waals surface area contributed by atoms with E-state index in [0.29, 0.717) is 0 Å². The summed E-state index contributed by atoms with van der Waals surface area (Å²) in [5, 5.41) is 0. The van der Waals surface area contributed by atoms with E-state index in [0.717, 1.165) is 10.8 Å². The quantitative estimate of drug-likeness (QED) is 0.486. The number of hydrogen-bond acceptors (Lipinski definition) is 0. The molecule has 4 rings (SSSR count). The molecule has 0 aliphatic heterocycles. The Labute approximate surface area is 61.9 Å². The number of rotatable bonds is 0. The maximum Gasteiger partial charge on any atom is 0 e. The Morgan fingerprint density at radius 2 is 1.50 bits per heavy atom. The summed E-state index contributed by atoms with van der Waals surface area (Å²) in [5.74, 6) is 2.42. The molecule has 4 aliphatic rings. The van der Waals surface area contributed by atoms with Gasteiger partial charge in [0.1, 0.15) is 0 Å². The van der Waals surface area contributed by atoms with Crippen molar-refractivity contribution < 1.29 is 18.6 Å². The van der Waals surface area contributed by atoms with Crippen LogP contribution in [0, 0.1) is 22.7 Å². The van der Waals surface area contributed by atoms with E-state index in [-0.39, 0.29) is 18.6 Å². The van der Waals surface area contributed by atoms with Crippen LogP contribution in [0.5, 0.6) is 0 Å². The predicted octanol–water partition coefficient (Wildman–Crippen LogP) is 1.66. The molecule has 0 aromatic rings. The van der Waals surface area contributed by atoms with Gasteiger partial charge in [-0.3, -0.25) is 0 Å². The van der Waals surface area contributed by atoms with Crippen LogP contribution in [-0.2, 0) is 18.6 Å². The molecule has 0 aromatic heterocycles. The van der Waals surface area contributed by atoms with Crippen molar-refractivity contribution in [3.8, 4) is 0 Å². The summed E-state index contributed by atoms with van der Waals surface area (Å²) in [5.41, 5.74) is 1.82. The van der Waals surface area contributed by atoms with Gasteiger partial charge in [0.2, 0.25) is 0 Å². The van der Waals surface area contributed by atoms with Crippen LogP contribution < -0.4 is 0 Å². The molecule has 4 saturated carbocycles. The summed E-state index contributed by atoms with van der Waals surface area (Å²) >= 11 is 0. The fourth-order valence-corrected chi connectivity index (χ4v) is 3.54. The Balaban J connectivity index is 0.000000270. The van der Waals surface area contributed by atoms with E-state index >= 15 is 0 Å². The van der Waals surface area contributed by atoms with Gasteiger partial charge in [0.05, 0.1) is 0 Å². The second kappa shape index (κ2) is 0.857. The molecule has 0 unspecified atom stereocenters. The summed E-state index contributed by atoms with van der Waals surface area (Å²) in [7, 11) is 0. The van der Waals surface area contributed by atoms with Crippen molar-refractivity contribution in [2.24, 2.45) is 22.7 Å². The first-order chi connectivity index (χ1) is 3.20. The van der Waals surface area contributed by atoms with E-state index in [1.165, 1.54) is 11.8 Å². The van der Waals surface area contributed by atoms with Crippen LogP contribution in [0.15, 0.2) is 0 Å². The van der Waals surface area contributed by atoms with Crippen molar-refractivity contribution in [1.82, 2.24) is 0 Å². The molecule has 4 fully saturated rings. The smallest absolute Gasteiger partial charge is 0 e. The van der Waals surface area contributed by atoms with Crippen LogP contribution in [0.4, 0.5) is 0 Å². The first-order valence-corrected chi connectivity index (χ1v) is 3.20. The monoisotopic (exact) mass is 145 g/mol. The van der Waals surface area contributed by atoms with Gasteiger partial charge in [-0.15, -0.1) is 0 Å². The van der Waals surface area contributed by atoms with Gasteiger partial charge in [0.15, 0.2) is 0 Å². The Morgan fingerprint density at radius 1 is 1.12 bits per heavy atom. The van der Waals surface area contributed by atoms with Gasteiger partial charge in [0.25, 0.3) is 0 Å². The molecule has 0 nitrogen and oxygen atoms in total. The third-order valence-corrected chi connectivity index (χ3v) is 3.72. The molecule has 0 N–H and O–H groups in total. The molecule has 43 valence electrons. The number of hydrogen-bond donors (Lipinski definition) is 0. The van der Waals surface area contributed by atoms with Crippen LogP contribution in [0.2, 0.25) is 0 Å². The van der Waals surface area contributed by atoms with E-state index in [4.69, 9.17) is 0 Å². The zero-order chi connectivity index (χ0) is 4.86. The summed E-state index contributed by atoms with van der Waals surface area (Å²) in [6, 6.07) is 0. The minimum absolute atomic E-state index is 0. The van der Waals surface area contributed by atoms with Gasteiger partial charge in [-0.2, -0.15) is 0 Å². The maximum absolute atomic E-state index is 2.44. The van der Waals surface area contributed by atoms with E-state index in [9.17, 15) is 0 Å². The van der Waals surface area contributed by atoms with Gasteiger partial charge < -0.3 is 0 Å². The maximum atomic E-state index is 2.44. The Bertz CT molecular complexity index is 136.